The van der Waals surface area contributed by atoms with Crippen LogP contribution in [0.25, 0.3) is 0 Å². The van der Waals surface area contributed by atoms with Gasteiger partial charge in [0.2, 0.25) is 0 Å². The van der Waals surface area contributed by atoms with Crippen molar-refractivity contribution in [2.24, 2.45) is 0 Å². The zero-order valence-electron chi connectivity index (χ0n) is 10.2. The fraction of sp³-hybridized carbons (Fsp3) is 0.429. The number of para-hydroxylation sites is 2. The van der Waals surface area contributed by atoms with Crippen molar-refractivity contribution in [2.75, 3.05) is 13.2 Å². The summed E-state index contributed by atoms with van der Waals surface area (Å²) < 4.78 is 11.6. The van der Waals surface area contributed by atoms with Gasteiger partial charge in [-0.1, -0.05) is 25.1 Å². The number of ether oxygens (including phenoxy) is 2. The van der Waals surface area contributed by atoms with Gasteiger partial charge in [0, 0.05) is 0 Å². The Morgan fingerprint density at radius 3 is 2.94 bits per heavy atom. The Kier molecular flexibility index (Phi) is 4.04. The maximum atomic E-state index is 5.92. The molecular formula is C14H19NO2. The van der Waals surface area contributed by atoms with Crippen LogP contribution in [-0.2, 0) is 0 Å². The maximum Gasteiger partial charge on any atom is 0.161 e. The largest absolute Gasteiger partial charge is 0.486 e. The van der Waals surface area contributed by atoms with Crippen LogP contribution in [0.5, 0.6) is 11.5 Å². The minimum absolute atomic E-state index is 0.00560. The molecule has 3 nitrogen and oxygen atoms in total. The Balaban J connectivity index is 2.02. The first-order chi connectivity index (χ1) is 8.35. The summed E-state index contributed by atoms with van der Waals surface area (Å²) in [5.41, 5.74) is 0. The first-order valence-corrected chi connectivity index (χ1v) is 6.09. The second-order valence-corrected chi connectivity index (χ2v) is 4.13. The predicted octanol–water partition coefficient (Wildman–Crippen LogP) is 2.38. The molecule has 0 bridgehead atoms. The van der Waals surface area contributed by atoms with E-state index in [1.807, 2.05) is 30.3 Å². The van der Waals surface area contributed by atoms with Crippen molar-refractivity contribution >= 4 is 0 Å². The highest BCUT2D eigenvalue weighted by Gasteiger charge is 2.26. The second kappa shape index (κ2) is 5.73. The number of benzene rings is 1. The van der Waals surface area contributed by atoms with Gasteiger partial charge in [-0.2, -0.15) is 0 Å². The van der Waals surface area contributed by atoms with E-state index in [0.717, 1.165) is 24.5 Å². The SMILES string of the molecule is C=CC(NCCC)C1COc2ccccc2O1. The van der Waals surface area contributed by atoms with Crippen LogP contribution in [0.1, 0.15) is 13.3 Å². The highest BCUT2D eigenvalue weighted by Crippen LogP contribution is 2.31. The van der Waals surface area contributed by atoms with E-state index in [9.17, 15) is 0 Å². The minimum atomic E-state index is -0.00560. The van der Waals surface area contributed by atoms with Crippen LogP contribution in [0.3, 0.4) is 0 Å². The molecule has 2 unspecified atom stereocenters. The Hall–Kier alpha value is -1.48. The van der Waals surface area contributed by atoms with Gasteiger partial charge in [-0.05, 0) is 25.1 Å². The molecule has 2 atom stereocenters. The highest BCUT2D eigenvalue weighted by atomic mass is 16.6. The summed E-state index contributed by atoms with van der Waals surface area (Å²) in [5, 5.41) is 3.40. The predicted molar refractivity (Wildman–Crippen MR) is 68.6 cm³/mol. The minimum Gasteiger partial charge on any atom is -0.486 e. The van der Waals surface area contributed by atoms with Crippen LogP contribution >= 0.6 is 0 Å². The summed E-state index contributed by atoms with van der Waals surface area (Å²) in [4.78, 5) is 0. The lowest BCUT2D eigenvalue weighted by Gasteiger charge is -2.31. The van der Waals surface area contributed by atoms with Gasteiger partial charge in [-0.3, -0.25) is 0 Å². The third-order valence-electron chi connectivity index (χ3n) is 2.82. The van der Waals surface area contributed by atoms with E-state index in [2.05, 4.69) is 18.8 Å². The van der Waals surface area contributed by atoms with Crippen molar-refractivity contribution in [3.05, 3.63) is 36.9 Å². The summed E-state index contributed by atoms with van der Waals surface area (Å²) in [5.74, 6) is 1.64. The quantitative estimate of drug-likeness (QED) is 0.792. The van der Waals surface area contributed by atoms with Crippen LogP contribution in [0.2, 0.25) is 0 Å². The topological polar surface area (TPSA) is 30.5 Å². The third-order valence-corrected chi connectivity index (χ3v) is 2.82. The molecule has 0 spiro atoms. The van der Waals surface area contributed by atoms with E-state index in [-0.39, 0.29) is 12.1 Å². The summed E-state index contributed by atoms with van der Waals surface area (Å²) in [6, 6.07) is 7.88. The molecule has 0 aromatic heterocycles. The van der Waals surface area contributed by atoms with Crippen molar-refractivity contribution in [3.63, 3.8) is 0 Å². The molecule has 0 saturated carbocycles. The molecule has 92 valence electrons. The van der Waals surface area contributed by atoms with E-state index in [1.165, 1.54) is 0 Å². The summed E-state index contributed by atoms with van der Waals surface area (Å²) in [6.07, 6.45) is 2.97. The van der Waals surface area contributed by atoms with Crippen molar-refractivity contribution in [2.45, 2.75) is 25.5 Å². The fourth-order valence-corrected chi connectivity index (χ4v) is 1.89. The highest BCUT2D eigenvalue weighted by molar-refractivity contribution is 5.40. The van der Waals surface area contributed by atoms with Gasteiger partial charge in [0.15, 0.2) is 17.6 Å². The number of fused-ring (bicyclic) bond motifs is 1. The molecule has 0 aliphatic carbocycles. The molecule has 1 aromatic rings. The van der Waals surface area contributed by atoms with Crippen LogP contribution in [0, 0.1) is 0 Å². The first-order valence-electron chi connectivity index (χ1n) is 6.09. The van der Waals surface area contributed by atoms with Crippen molar-refractivity contribution in [1.82, 2.24) is 5.32 Å². The smallest absolute Gasteiger partial charge is 0.161 e. The molecule has 3 heteroatoms. The second-order valence-electron chi connectivity index (χ2n) is 4.13. The molecular weight excluding hydrogens is 214 g/mol. The Morgan fingerprint density at radius 1 is 1.47 bits per heavy atom. The molecule has 0 radical (unpaired) electrons. The lowest BCUT2D eigenvalue weighted by atomic mass is 10.1. The number of hydrogen-bond donors (Lipinski definition) is 1. The maximum absolute atomic E-state index is 5.92. The Labute approximate surface area is 102 Å². The van der Waals surface area contributed by atoms with Gasteiger partial charge in [0.25, 0.3) is 0 Å². The molecule has 0 saturated heterocycles. The molecule has 1 aromatic carbocycles. The number of nitrogens with one attached hydrogen (secondary N) is 1. The van der Waals surface area contributed by atoms with Crippen LogP contribution < -0.4 is 14.8 Å². The van der Waals surface area contributed by atoms with Gasteiger partial charge < -0.3 is 14.8 Å². The fourth-order valence-electron chi connectivity index (χ4n) is 1.89. The molecule has 1 aliphatic heterocycles. The molecule has 0 amide bonds. The average Bonchev–Trinajstić information content (AvgIpc) is 2.39. The van der Waals surface area contributed by atoms with Gasteiger partial charge >= 0.3 is 0 Å². The van der Waals surface area contributed by atoms with Crippen molar-refractivity contribution in [1.29, 1.82) is 0 Å². The lowest BCUT2D eigenvalue weighted by Crippen LogP contribution is -2.46. The van der Waals surface area contributed by atoms with Crippen LogP contribution in [0.15, 0.2) is 36.9 Å². The zero-order chi connectivity index (χ0) is 12.1. The van der Waals surface area contributed by atoms with E-state index < -0.39 is 0 Å². The van der Waals surface area contributed by atoms with E-state index in [4.69, 9.17) is 9.47 Å². The normalized spacial score (nSPS) is 19.7. The van der Waals surface area contributed by atoms with Gasteiger partial charge in [0.1, 0.15) is 6.61 Å². The standard InChI is InChI=1S/C14H19NO2/c1-3-9-15-11(4-2)14-10-16-12-7-5-6-8-13(12)17-14/h4-8,11,14-15H,2-3,9-10H2,1H3. The van der Waals surface area contributed by atoms with Crippen molar-refractivity contribution < 1.29 is 9.47 Å². The van der Waals surface area contributed by atoms with Crippen LogP contribution in [0.4, 0.5) is 0 Å². The van der Waals surface area contributed by atoms with E-state index >= 15 is 0 Å². The van der Waals surface area contributed by atoms with Crippen LogP contribution in [-0.4, -0.2) is 25.3 Å². The summed E-state index contributed by atoms with van der Waals surface area (Å²) >= 11 is 0. The number of hydrogen-bond acceptors (Lipinski definition) is 3. The zero-order valence-corrected chi connectivity index (χ0v) is 10.2. The summed E-state index contributed by atoms with van der Waals surface area (Å²) in [6.45, 7) is 7.50. The van der Waals surface area contributed by atoms with Crippen molar-refractivity contribution in [3.8, 4) is 11.5 Å². The van der Waals surface area contributed by atoms with E-state index in [0.29, 0.717) is 6.61 Å². The molecule has 17 heavy (non-hydrogen) atoms. The third kappa shape index (κ3) is 2.80. The Bertz CT molecular complexity index is 378. The van der Waals surface area contributed by atoms with Gasteiger partial charge in [-0.25, -0.2) is 0 Å². The van der Waals surface area contributed by atoms with Gasteiger partial charge in [-0.15, -0.1) is 6.58 Å². The molecule has 0 fully saturated rings. The van der Waals surface area contributed by atoms with E-state index in [1.54, 1.807) is 0 Å². The Morgan fingerprint density at radius 2 is 2.24 bits per heavy atom. The molecule has 1 heterocycles. The first kappa shape index (κ1) is 12.0. The monoisotopic (exact) mass is 233 g/mol. The molecule has 1 aliphatic rings. The number of rotatable bonds is 5. The lowest BCUT2D eigenvalue weighted by molar-refractivity contribution is 0.0738. The summed E-state index contributed by atoms with van der Waals surface area (Å²) in [7, 11) is 0. The average molecular weight is 233 g/mol. The molecule has 1 N–H and O–H groups in total. The van der Waals surface area contributed by atoms with Gasteiger partial charge in [0.05, 0.1) is 6.04 Å². The molecule has 2 rings (SSSR count).